The van der Waals surface area contributed by atoms with Crippen LogP contribution >= 0.6 is 39.6 Å². The normalized spacial score (nSPS) is 16.8. The fraction of sp³-hybridized carbons (Fsp3) is 0.159. The smallest absolute Gasteiger partial charge is 0.0721 e. The highest BCUT2D eigenvalue weighted by molar-refractivity contribution is 7.81. The molecule has 0 unspecified atom stereocenters. The molecule has 11 aromatic carbocycles. The first-order valence-corrected chi connectivity index (χ1v) is 48.8. The minimum Gasteiger partial charge on any atom is -0.255 e. The Morgan fingerprint density at radius 2 is 0.370 bits per heavy atom. The van der Waals surface area contributed by atoms with E-state index in [0.717, 1.165) is 90.2 Å². The molecule has 3 aliphatic rings. The second-order valence-corrected chi connectivity index (χ2v) is 42.1. The van der Waals surface area contributed by atoms with E-state index in [9.17, 15) is 0 Å². The number of allylic oxidation sites excluding steroid dienone is 3. The predicted molar refractivity (Wildman–Crippen MR) is 544 cm³/mol. The molecule has 0 aliphatic heterocycles. The maximum Gasteiger partial charge on any atom is 0.0721 e. The molecule has 1 heterocycles. The van der Waals surface area contributed by atoms with Crippen LogP contribution in [0, 0.1) is 17.8 Å². The number of hydrogen-bond donors (Lipinski definition) is 0. The van der Waals surface area contributed by atoms with Crippen molar-refractivity contribution >= 4 is 158 Å². The summed E-state index contributed by atoms with van der Waals surface area (Å²) in [5, 5.41) is 14.7. The van der Waals surface area contributed by atoms with Gasteiger partial charge in [-0.1, -0.05) is 431 Å². The highest BCUT2D eigenvalue weighted by Crippen LogP contribution is 2.63. The summed E-state index contributed by atoms with van der Waals surface area (Å²) in [6.45, 7) is 46.7. The molecule has 119 heavy (non-hydrogen) atoms. The summed E-state index contributed by atoms with van der Waals surface area (Å²) in [5.41, 5.74) is 14.4. The molecule has 15 rings (SSSR count). The van der Waals surface area contributed by atoms with E-state index in [1.54, 1.807) is 0 Å². The van der Waals surface area contributed by atoms with Crippen LogP contribution in [0.4, 0.5) is 0 Å². The largest absolute Gasteiger partial charge is 0.255 e. The van der Waals surface area contributed by atoms with Gasteiger partial charge in [0, 0.05) is 14.1 Å². The number of benzene rings is 11. The molecule has 0 amide bonds. The molecule has 0 radical (unpaired) electrons. The molecule has 3 aliphatic carbocycles. The highest BCUT2D eigenvalue weighted by Gasteiger charge is 2.39. The van der Waals surface area contributed by atoms with Crippen LogP contribution in [0.5, 0.6) is 0 Å². The van der Waals surface area contributed by atoms with Gasteiger partial charge in [-0.05, 0) is 250 Å². The van der Waals surface area contributed by atoms with E-state index in [1.807, 2.05) is 60.9 Å². The maximum absolute atomic E-state index is 4.71. The molecule has 0 saturated heterocycles. The highest BCUT2D eigenvalue weighted by atomic mass is 31.1. The van der Waals surface area contributed by atoms with Gasteiger partial charge in [0.05, 0.1) is 5.44 Å². The Hall–Kier alpha value is -10.4. The lowest BCUT2D eigenvalue weighted by molar-refractivity contribution is 0.387. The maximum atomic E-state index is 4.71. The van der Waals surface area contributed by atoms with Crippen molar-refractivity contribution < 1.29 is 0 Å². The predicted octanol–water partition coefficient (Wildman–Crippen LogP) is 26.7. The average Bonchev–Trinajstić information content (AvgIpc) is 0.827. The summed E-state index contributed by atoms with van der Waals surface area (Å²) >= 11 is 0. The van der Waals surface area contributed by atoms with Gasteiger partial charge in [-0.2, -0.15) is 0 Å². The van der Waals surface area contributed by atoms with Gasteiger partial charge in [0.1, 0.15) is 0 Å². The van der Waals surface area contributed by atoms with Gasteiger partial charge in [0.25, 0.3) is 0 Å². The third kappa shape index (κ3) is 25.3. The van der Waals surface area contributed by atoms with Crippen LogP contribution in [0.15, 0.2) is 401 Å². The first kappa shape index (κ1) is 89.4. The summed E-state index contributed by atoms with van der Waals surface area (Å²) in [4.78, 5) is 4.71. The molecule has 3 fully saturated rings. The zero-order valence-electron chi connectivity index (χ0n) is 69.4. The Balaban J connectivity index is 0.000000146. The topological polar surface area (TPSA) is 12.9 Å². The van der Waals surface area contributed by atoms with Gasteiger partial charge in [-0.3, -0.25) is 4.98 Å². The number of hydrogen-bond acceptors (Lipinski definition) is 1. The van der Waals surface area contributed by atoms with Gasteiger partial charge >= 0.3 is 0 Å². The van der Waals surface area contributed by atoms with E-state index in [0.29, 0.717) is 0 Å². The van der Waals surface area contributed by atoms with Gasteiger partial charge in [0.2, 0.25) is 0 Å². The van der Waals surface area contributed by atoms with Crippen LogP contribution in [0.25, 0.3) is 54.7 Å². The van der Waals surface area contributed by atoms with Crippen molar-refractivity contribution in [2.75, 3.05) is 0 Å². The zero-order valence-corrected chi connectivity index (χ0v) is 73.9. The number of aromatic nitrogens is 1. The van der Waals surface area contributed by atoms with E-state index in [4.69, 9.17) is 4.98 Å². The number of nitrogens with zero attached hydrogens (tertiary/aromatic N) is 1. The third-order valence-electron chi connectivity index (χ3n) is 22.9. The minimum absolute atomic E-state index is 0.210. The molecule has 1 aromatic heterocycles. The minimum atomic E-state index is -0.712. The van der Waals surface area contributed by atoms with E-state index in [1.165, 1.54) is 135 Å². The van der Waals surface area contributed by atoms with Crippen molar-refractivity contribution in [3.8, 4) is 0 Å². The number of rotatable bonds is 27. The Bertz CT molecular complexity index is 4630. The first-order chi connectivity index (χ1) is 58.4. The van der Waals surface area contributed by atoms with Crippen molar-refractivity contribution in [3.63, 3.8) is 0 Å². The SMILES string of the molecule is C=CC1CCC(P(C2CCC(C=C)CC2)C2CCC(C=C)CC2)CC1.C=Cc1ccc(P(c2ccc(C=C)cc2)c2ccc(C=C)cc2)cc1.C=Cc1ccc(P(c2ccc(C=C)cc2)c2ccc(C=C)cn2)cc1.C=Cc1ccc(P(c2ccccc2)c2ccc(C=C)cc2)cc1.C=Cc1ccc(P(c2ccccc2)c2ccccc2)cc1. The molecule has 0 spiro atoms. The molecule has 12 aromatic rings. The van der Waals surface area contributed by atoms with Crippen LogP contribution in [0.3, 0.4) is 0 Å². The Kier molecular flexibility index (Phi) is 35.6. The molecular formula is C113H116NP5. The average molecular weight is 1640 g/mol. The van der Waals surface area contributed by atoms with Gasteiger partial charge < -0.3 is 0 Å². The molecular weight excluding hydrogens is 1530 g/mol. The fourth-order valence-corrected chi connectivity index (χ4v) is 29.4. The first-order valence-electron chi connectivity index (χ1n) is 41.8. The lowest BCUT2D eigenvalue weighted by Crippen LogP contribution is -2.31. The molecule has 3 saturated carbocycles. The van der Waals surface area contributed by atoms with E-state index >= 15 is 0 Å². The van der Waals surface area contributed by atoms with Crippen molar-refractivity contribution in [3.05, 3.63) is 451 Å². The van der Waals surface area contributed by atoms with E-state index in [-0.39, 0.29) is 7.92 Å². The lowest BCUT2D eigenvalue weighted by Gasteiger charge is -2.46. The molecule has 598 valence electrons. The van der Waals surface area contributed by atoms with Crippen LogP contribution in [-0.2, 0) is 0 Å². The van der Waals surface area contributed by atoms with E-state index in [2.05, 4.69) is 394 Å². The Labute approximate surface area is 720 Å². The second kappa shape index (κ2) is 47.4. The molecule has 0 N–H and O–H groups in total. The Morgan fingerprint density at radius 1 is 0.193 bits per heavy atom. The fourth-order valence-electron chi connectivity index (χ4n) is 16.0. The van der Waals surface area contributed by atoms with Crippen molar-refractivity contribution in [1.82, 2.24) is 4.98 Å². The summed E-state index contributed by atoms with van der Waals surface area (Å²) in [7, 11) is -2.15. The standard InChI is InChI=1S/C24H39P.C24H21P.C23H20NP.C22H19P.C20H17P/c2*1-4-19-7-13-22(14-8-19)25(23-15-9-20(5-2)10-16-23)24-17-11-21(6-3)12-18-24;1-4-18-7-12-21(13-8-18)25(22-14-9-19(5-2)10-15-22)23-16-11-20(6-3)17-24-23;1-3-18-10-14-21(15-11-18)23(20-8-6-5-7-9-20)22-16-12-19(4-2)13-17-22;1-2-17-13-15-20(16-14-17)21(18-9-5-3-6-10-18)19-11-7-4-8-12-19/h4-6,19-24H,1-3,7-18H2;4-18H,1-3H2;4-17H,1-3H2;3-17H,1-2H2;2-16H,1H2. The summed E-state index contributed by atoms with van der Waals surface area (Å²) in [6.07, 6.45) is 42.8. The zero-order chi connectivity index (χ0) is 83.5. The summed E-state index contributed by atoms with van der Waals surface area (Å²) < 4.78 is 0. The lowest BCUT2D eigenvalue weighted by atomic mass is 9.88. The third-order valence-corrected chi connectivity index (χ3v) is 36.6. The summed E-state index contributed by atoms with van der Waals surface area (Å²) in [5.74, 6) is 2.42. The number of pyridine rings is 1. The van der Waals surface area contributed by atoms with Crippen LogP contribution in [0.1, 0.15) is 127 Å². The Morgan fingerprint density at radius 3 is 0.538 bits per heavy atom. The second-order valence-electron chi connectivity index (χ2n) is 30.2. The molecule has 0 bridgehead atoms. The quantitative estimate of drug-likeness (QED) is 0.0369. The molecule has 0 atom stereocenters. The van der Waals surface area contributed by atoms with Crippen molar-refractivity contribution in [2.45, 2.75) is 94.0 Å². The van der Waals surface area contributed by atoms with Gasteiger partial charge in [0.15, 0.2) is 0 Å². The van der Waals surface area contributed by atoms with Gasteiger partial charge in [-0.15, -0.1) is 19.7 Å². The van der Waals surface area contributed by atoms with Crippen molar-refractivity contribution in [2.24, 2.45) is 17.8 Å². The summed E-state index contributed by atoms with van der Waals surface area (Å²) in [6, 6.07) is 106. The van der Waals surface area contributed by atoms with Gasteiger partial charge in [-0.25, -0.2) is 0 Å². The monoisotopic (exact) mass is 1640 g/mol. The molecule has 1 nitrogen and oxygen atoms in total. The van der Waals surface area contributed by atoms with Crippen LogP contribution in [-0.4, -0.2) is 22.0 Å². The van der Waals surface area contributed by atoms with Crippen LogP contribution < -0.4 is 63.8 Å². The molecule has 6 heteroatoms. The van der Waals surface area contributed by atoms with Crippen molar-refractivity contribution in [1.29, 1.82) is 0 Å². The van der Waals surface area contributed by atoms with Crippen LogP contribution in [0.2, 0.25) is 0 Å². The van der Waals surface area contributed by atoms with E-state index < -0.39 is 31.7 Å².